The molecule has 0 amide bonds. The predicted molar refractivity (Wildman–Crippen MR) is 201 cm³/mol. The van der Waals surface area contributed by atoms with Crippen molar-refractivity contribution in [3.05, 3.63) is 146 Å². The van der Waals surface area contributed by atoms with Crippen molar-refractivity contribution >= 4 is 93.1 Å². The van der Waals surface area contributed by atoms with E-state index < -0.39 is 0 Å². The maximum atomic E-state index is 6.19. The summed E-state index contributed by atoms with van der Waals surface area (Å²) in [5.74, 6) is 0. The third kappa shape index (κ3) is 3.24. The molecule has 0 spiro atoms. The number of nitrogens with zero attached hydrogens (tertiary/aromatic N) is 4. The van der Waals surface area contributed by atoms with Gasteiger partial charge >= 0.3 is 0 Å². The lowest BCUT2D eigenvalue weighted by Gasteiger charge is -2.07. The number of hydrogen-bond donors (Lipinski definition) is 0. The lowest BCUT2D eigenvalue weighted by Crippen LogP contribution is -1.93. The molecule has 0 saturated heterocycles. The Bertz CT molecular complexity index is 3330. The Kier molecular flexibility index (Phi) is 4.66. The molecule has 0 unspecified atom stereocenters. The second kappa shape index (κ2) is 9.00. The van der Waals surface area contributed by atoms with Crippen LogP contribution in [-0.4, -0.2) is 18.9 Å². The Morgan fingerprint density at radius 1 is 0.449 bits per heavy atom. The van der Waals surface area contributed by atoms with Gasteiger partial charge in [-0.3, -0.25) is 4.40 Å². The second-order valence-electron chi connectivity index (χ2n) is 13.0. The Hall–Kier alpha value is -6.72. The van der Waals surface area contributed by atoms with Gasteiger partial charge in [-0.1, -0.05) is 78.9 Å². The van der Waals surface area contributed by atoms with E-state index in [0.29, 0.717) is 0 Å². The smallest absolute Gasteiger partial charge is 0.165 e. The van der Waals surface area contributed by atoms with Gasteiger partial charge in [0.05, 0.1) is 33.1 Å². The molecular weight excluding hydrogens is 601 g/mol. The maximum absolute atomic E-state index is 6.19. The van der Waals surface area contributed by atoms with Crippen molar-refractivity contribution in [1.29, 1.82) is 0 Å². The van der Waals surface area contributed by atoms with Gasteiger partial charge in [-0.2, -0.15) is 0 Å². The molecule has 0 N–H and O–H groups in total. The minimum absolute atomic E-state index is 0.881. The molecule has 0 bridgehead atoms. The quantitative estimate of drug-likeness (QED) is 0.192. The summed E-state index contributed by atoms with van der Waals surface area (Å²) in [5, 5.41) is 8.19. The van der Waals surface area contributed by atoms with Crippen LogP contribution in [-0.2, 0) is 0 Å². The van der Waals surface area contributed by atoms with E-state index in [1.807, 2.05) is 24.3 Å². The number of fused-ring (bicyclic) bond motifs is 14. The first-order valence-electron chi connectivity index (χ1n) is 16.6. The number of benzene rings is 7. The van der Waals surface area contributed by atoms with Crippen LogP contribution >= 0.6 is 0 Å². The van der Waals surface area contributed by atoms with Crippen LogP contribution in [0.2, 0.25) is 0 Å². The summed E-state index contributed by atoms with van der Waals surface area (Å²) < 4.78 is 11.0. The Labute approximate surface area is 278 Å². The van der Waals surface area contributed by atoms with Crippen molar-refractivity contribution in [2.75, 3.05) is 0 Å². The Morgan fingerprint density at radius 2 is 1.16 bits per heavy atom. The molecule has 5 aromatic heterocycles. The first-order chi connectivity index (χ1) is 24.3. The van der Waals surface area contributed by atoms with Crippen molar-refractivity contribution in [3.63, 3.8) is 0 Å². The minimum Gasteiger partial charge on any atom is -0.456 e. The van der Waals surface area contributed by atoms with Gasteiger partial charge in [-0.05, 0) is 77.9 Å². The molecule has 0 aliphatic rings. The number of furan rings is 1. The highest BCUT2D eigenvalue weighted by atomic mass is 16.3. The largest absolute Gasteiger partial charge is 0.456 e. The van der Waals surface area contributed by atoms with Gasteiger partial charge in [0.1, 0.15) is 16.7 Å². The van der Waals surface area contributed by atoms with Gasteiger partial charge in [0.2, 0.25) is 0 Å². The molecule has 12 rings (SSSR count). The van der Waals surface area contributed by atoms with Crippen LogP contribution < -0.4 is 0 Å². The van der Waals surface area contributed by atoms with Crippen molar-refractivity contribution < 1.29 is 4.42 Å². The molecule has 5 heteroatoms. The monoisotopic (exact) mass is 624 g/mol. The van der Waals surface area contributed by atoms with Crippen LogP contribution in [0.25, 0.3) is 110 Å². The SMILES string of the molecule is c1ccc(-n2c3ccccc3c3c2ccc2c4cc(-c5ccc6oc7ccccc7c6c5)cc5c6nc7ccccc7nc6n(c45)c23)cc1. The normalized spacial score (nSPS) is 12.5. The second-order valence-corrected chi connectivity index (χ2v) is 13.0. The zero-order valence-corrected chi connectivity index (χ0v) is 26.1. The molecule has 5 heterocycles. The summed E-state index contributed by atoms with van der Waals surface area (Å²) in [6.45, 7) is 0. The lowest BCUT2D eigenvalue weighted by atomic mass is 9.98. The first-order valence-corrected chi connectivity index (χ1v) is 16.6. The summed E-state index contributed by atoms with van der Waals surface area (Å²) >= 11 is 0. The van der Waals surface area contributed by atoms with E-state index in [1.54, 1.807) is 0 Å². The van der Waals surface area contributed by atoms with Crippen LogP contribution in [0.4, 0.5) is 0 Å². The van der Waals surface area contributed by atoms with Crippen molar-refractivity contribution in [2.45, 2.75) is 0 Å². The fourth-order valence-corrected chi connectivity index (χ4v) is 8.33. The van der Waals surface area contributed by atoms with Crippen molar-refractivity contribution in [3.8, 4) is 16.8 Å². The van der Waals surface area contributed by atoms with Crippen LogP contribution in [0, 0.1) is 0 Å². The van der Waals surface area contributed by atoms with Gasteiger partial charge < -0.3 is 8.98 Å². The number of hydrogen-bond acceptors (Lipinski definition) is 3. The Balaban J connectivity index is 1.28. The molecule has 0 aliphatic heterocycles. The average Bonchev–Trinajstić information content (AvgIpc) is 3.89. The first kappa shape index (κ1) is 25.4. The molecule has 0 atom stereocenters. The molecule has 0 saturated carbocycles. The Morgan fingerprint density at radius 3 is 2.06 bits per heavy atom. The highest BCUT2D eigenvalue weighted by molar-refractivity contribution is 6.31. The van der Waals surface area contributed by atoms with Crippen LogP contribution in [0.15, 0.2) is 150 Å². The number of rotatable bonds is 2. The van der Waals surface area contributed by atoms with E-state index in [9.17, 15) is 0 Å². The fourth-order valence-electron chi connectivity index (χ4n) is 8.33. The molecular formula is C44H24N4O. The topological polar surface area (TPSA) is 48.3 Å². The lowest BCUT2D eigenvalue weighted by molar-refractivity contribution is 0.669. The zero-order valence-electron chi connectivity index (χ0n) is 26.1. The molecule has 7 aromatic carbocycles. The van der Waals surface area contributed by atoms with Crippen molar-refractivity contribution in [2.24, 2.45) is 0 Å². The highest BCUT2D eigenvalue weighted by Gasteiger charge is 2.25. The van der Waals surface area contributed by atoms with E-state index >= 15 is 0 Å². The summed E-state index contributed by atoms with van der Waals surface area (Å²) in [6, 6.07) is 51.6. The number of aromatic nitrogens is 4. The van der Waals surface area contributed by atoms with E-state index in [0.717, 1.165) is 77.4 Å². The summed E-state index contributed by atoms with van der Waals surface area (Å²) in [5.41, 5.74) is 13.5. The van der Waals surface area contributed by atoms with Gasteiger partial charge in [0, 0.05) is 43.4 Å². The third-order valence-corrected chi connectivity index (χ3v) is 10.4. The van der Waals surface area contributed by atoms with E-state index in [-0.39, 0.29) is 0 Å². The standard InChI is InChI=1S/C44H24N4O/c1-2-10-27(11-3-1)47-36-16-8-4-13-30(36)40-37(47)20-19-29-32-23-26(25-18-21-39-31(22-25)28-12-5-9-17-38(28)49-39)24-33-41-44(48(42(32)33)43(29)40)46-35-15-7-6-14-34(35)45-41/h1-24H. The van der Waals surface area contributed by atoms with Gasteiger partial charge in [-0.25, -0.2) is 9.97 Å². The predicted octanol–water partition coefficient (Wildman–Crippen LogP) is 11.4. The van der Waals surface area contributed by atoms with E-state index in [2.05, 4.69) is 130 Å². The molecule has 0 aliphatic carbocycles. The number of para-hydroxylation sites is 5. The van der Waals surface area contributed by atoms with Gasteiger partial charge in [0.15, 0.2) is 5.65 Å². The van der Waals surface area contributed by atoms with Crippen LogP contribution in [0.3, 0.4) is 0 Å². The maximum Gasteiger partial charge on any atom is 0.165 e. The van der Waals surface area contributed by atoms with Crippen LogP contribution in [0.1, 0.15) is 0 Å². The van der Waals surface area contributed by atoms with Crippen molar-refractivity contribution in [1.82, 2.24) is 18.9 Å². The molecule has 0 fully saturated rings. The summed E-state index contributed by atoms with van der Waals surface area (Å²) in [4.78, 5) is 10.6. The van der Waals surface area contributed by atoms with Gasteiger partial charge in [0.25, 0.3) is 0 Å². The highest BCUT2D eigenvalue weighted by Crippen LogP contribution is 2.46. The molecule has 226 valence electrons. The molecule has 0 radical (unpaired) electrons. The van der Waals surface area contributed by atoms with Crippen LogP contribution in [0.5, 0.6) is 0 Å². The summed E-state index contributed by atoms with van der Waals surface area (Å²) in [6.07, 6.45) is 0. The third-order valence-electron chi connectivity index (χ3n) is 10.4. The molecule has 12 aromatic rings. The van der Waals surface area contributed by atoms with Gasteiger partial charge in [-0.15, -0.1) is 0 Å². The fraction of sp³-hybridized carbons (Fsp3) is 0. The summed E-state index contributed by atoms with van der Waals surface area (Å²) in [7, 11) is 0. The molecule has 5 nitrogen and oxygen atoms in total. The van der Waals surface area contributed by atoms with E-state index in [4.69, 9.17) is 14.4 Å². The van der Waals surface area contributed by atoms with E-state index in [1.165, 1.54) is 32.6 Å². The minimum atomic E-state index is 0.881. The molecule has 49 heavy (non-hydrogen) atoms. The average molecular weight is 625 g/mol. The zero-order chi connectivity index (χ0) is 31.8.